The predicted octanol–water partition coefficient (Wildman–Crippen LogP) is 3.82. The van der Waals surface area contributed by atoms with Crippen molar-refractivity contribution in [3.05, 3.63) is 71.7 Å². The van der Waals surface area contributed by atoms with Crippen molar-refractivity contribution < 1.29 is 18.7 Å². The third-order valence-corrected chi connectivity index (χ3v) is 5.83. The molecule has 5 rings (SSSR count). The van der Waals surface area contributed by atoms with Gasteiger partial charge in [0.15, 0.2) is 5.65 Å². The zero-order valence-electron chi connectivity index (χ0n) is 19.6. The summed E-state index contributed by atoms with van der Waals surface area (Å²) in [5.74, 6) is -0.462. The maximum absolute atomic E-state index is 13.7. The number of benzene rings is 2. The number of rotatable bonds is 9. The van der Waals surface area contributed by atoms with Gasteiger partial charge in [-0.3, -0.25) is 9.59 Å². The molecular formula is C26H25FN6O3. The maximum atomic E-state index is 13.7. The lowest BCUT2D eigenvalue weighted by atomic mass is 10.0. The second-order valence-electron chi connectivity index (χ2n) is 8.76. The standard InChI is InChI=1S/C26H25FN6O3/c1-15-11-16(5-8-20(15)26(35)31-18-6-7-18)22-14-30-25-21(29-10-9-23(28)34)13-24(32-33(22)25)36-19-4-2-3-17(27)12-19/h2-5,8,11-14,18,29H,6-7,9-10H2,1H3,(H2,28,34)(H,31,35). The number of nitrogens with two attached hydrogens (primary N) is 1. The van der Waals surface area contributed by atoms with Crippen molar-refractivity contribution in [3.63, 3.8) is 0 Å². The summed E-state index contributed by atoms with van der Waals surface area (Å²) in [7, 11) is 0. The smallest absolute Gasteiger partial charge is 0.251 e. The van der Waals surface area contributed by atoms with Crippen LogP contribution in [0.5, 0.6) is 11.6 Å². The van der Waals surface area contributed by atoms with Gasteiger partial charge in [0, 0.05) is 42.3 Å². The van der Waals surface area contributed by atoms with E-state index in [1.807, 2.05) is 19.1 Å². The Labute approximate surface area is 206 Å². The van der Waals surface area contributed by atoms with Crippen LogP contribution in [0, 0.1) is 12.7 Å². The van der Waals surface area contributed by atoms with Crippen LogP contribution in [0.4, 0.5) is 10.1 Å². The number of aromatic nitrogens is 3. The van der Waals surface area contributed by atoms with Gasteiger partial charge in [0.25, 0.3) is 5.91 Å². The van der Waals surface area contributed by atoms with E-state index in [4.69, 9.17) is 10.5 Å². The molecule has 4 N–H and O–H groups in total. The minimum Gasteiger partial charge on any atom is -0.437 e. The summed E-state index contributed by atoms with van der Waals surface area (Å²) in [6, 6.07) is 13.2. The number of carbonyl (C=O) groups is 2. The predicted molar refractivity (Wildman–Crippen MR) is 132 cm³/mol. The molecule has 0 bridgehead atoms. The van der Waals surface area contributed by atoms with Gasteiger partial charge >= 0.3 is 0 Å². The van der Waals surface area contributed by atoms with Crippen LogP contribution in [-0.4, -0.2) is 39.0 Å². The number of fused-ring (bicyclic) bond motifs is 1. The lowest BCUT2D eigenvalue weighted by molar-refractivity contribution is -0.117. The lowest BCUT2D eigenvalue weighted by Crippen LogP contribution is -2.26. The van der Waals surface area contributed by atoms with Crippen LogP contribution in [0.1, 0.15) is 35.2 Å². The third kappa shape index (κ3) is 5.12. The minimum atomic E-state index is -0.436. The quantitative estimate of drug-likeness (QED) is 0.329. The molecule has 2 aromatic heterocycles. The minimum absolute atomic E-state index is 0.0791. The van der Waals surface area contributed by atoms with Crippen LogP contribution in [-0.2, 0) is 4.79 Å². The number of carbonyl (C=O) groups excluding carboxylic acids is 2. The number of imidazole rings is 1. The van der Waals surface area contributed by atoms with E-state index in [-0.39, 0.29) is 30.0 Å². The Bertz CT molecular complexity index is 1460. The number of aryl methyl sites for hydroxylation is 1. The molecule has 0 saturated heterocycles. The molecule has 10 heteroatoms. The molecule has 1 saturated carbocycles. The second kappa shape index (κ2) is 9.65. The highest BCUT2D eigenvalue weighted by Gasteiger charge is 2.24. The number of primary amides is 1. The van der Waals surface area contributed by atoms with Crippen LogP contribution in [0.2, 0.25) is 0 Å². The number of ether oxygens (including phenoxy) is 1. The topological polar surface area (TPSA) is 124 Å². The average molecular weight is 489 g/mol. The molecule has 2 heterocycles. The Morgan fingerprint density at radius 3 is 2.75 bits per heavy atom. The highest BCUT2D eigenvalue weighted by atomic mass is 19.1. The van der Waals surface area contributed by atoms with Crippen molar-refractivity contribution in [1.29, 1.82) is 0 Å². The number of hydrogen-bond acceptors (Lipinski definition) is 6. The molecule has 184 valence electrons. The zero-order valence-corrected chi connectivity index (χ0v) is 19.6. The van der Waals surface area contributed by atoms with Crippen molar-refractivity contribution in [2.45, 2.75) is 32.2 Å². The van der Waals surface area contributed by atoms with E-state index in [9.17, 15) is 14.0 Å². The van der Waals surface area contributed by atoms with Crippen LogP contribution in [0.15, 0.2) is 54.7 Å². The molecule has 0 aliphatic heterocycles. The lowest BCUT2D eigenvalue weighted by Gasteiger charge is -2.12. The maximum Gasteiger partial charge on any atom is 0.251 e. The summed E-state index contributed by atoms with van der Waals surface area (Å²) >= 11 is 0. The molecule has 36 heavy (non-hydrogen) atoms. The van der Waals surface area contributed by atoms with Crippen molar-refractivity contribution in [3.8, 4) is 22.9 Å². The van der Waals surface area contributed by atoms with Gasteiger partial charge in [-0.15, -0.1) is 5.10 Å². The average Bonchev–Trinajstić information content (AvgIpc) is 3.54. The van der Waals surface area contributed by atoms with E-state index in [0.717, 1.165) is 24.0 Å². The van der Waals surface area contributed by atoms with E-state index in [2.05, 4.69) is 20.7 Å². The van der Waals surface area contributed by atoms with E-state index >= 15 is 0 Å². The first-order valence-corrected chi connectivity index (χ1v) is 11.6. The van der Waals surface area contributed by atoms with E-state index in [0.29, 0.717) is 29.1 Å². The van der Waals surface area contributed by atoms with E-state index in [1.165, 1.54) is 12.1 Å². The molecule has 4 aromatic rings. The molecule has 1 aliphatic carbocycles. The van der Waals surface area contributed by atoms with Crippen molar-refractivity contribution in [2.24, 2.45) is 5.73 Å². The first-order chi connectivity index (χ1) is 17.4. The summed E-state index contributed by atoms with van der Waals surface area (Å²) in [6.45, 7) is 2.18. The van der Waals surface area contributed by atoms with Crippen LogP contribution < -0.4 is 21.1 Å². The fraction of sp³-hybridized carbons (Fsp3) is 0.231. The molecule has 9 nitrogen and oxygen atoms in total. The Balaban J connectivity index is 1.52. The normalized spacial score (nSPS) is 12.9. The van der Waals surface area contributed by atoms with Gasteiger partial charge in [-0.2, -0.15) is 0 Å². The Morgan fingerprint density at radius 1 is 1.19 bits per heavy atom. The van der Waals surface area contributed by atoms with Gasteiger partial charge in [0.1, 0.15) is 11.6 Å². The Morgan fingerprint density at radius 2 is 2.03 bits per heavy atom. The SMILES string of the molecule is Cc1cc(-c2cnc3c(NCCC(N)=O)cc(Oc4cccc(F)c4)nn23)ccc1C(=O)NC1CC1. The number of nitrogens with zero attached hydrogens (tertiary/aromatic N) is 3. The van der Waals surface area contributed by atoms with Gasteiger partial charge in [-0.25, -0.2) is 13.9 Å². The highest BCUT2D eigenvalue weighted by molar-refractivity contribution is 5.96. The van der Waals surface area contributed by atoms with Gasteiger partial charge < -0.3 is 21.1 Å². The van der Waals surface area contributed by atoms with Gasteiger partial charge in [0.05, 0.1) is 17.6 Å². The molecule has 0 spiro atoms. The zero-order chi connectivity index (χ0) is 25.2. The third-order valence-electron chi connectivity index (χ3n) is 5.83. The first kappa shape index (κ1) is 23.3. The van der Waals surface area contributed by atoms with Crippen LogP contribution in [0.3, 0.4) is 0 Å². The van der Waals surface area contributed by atoms with Gasteiger partial charge in [-0.1, -0.05) is 12.1 Å². The highest BCUT2D eigenvalue weighted by Crippen LogP contribution is 2.30. The summed E-state index contributed by atoms with van der Waals surface area (Å²) in [5.41, 5.74) is 9.28. The fourth-order valence-electron chi connectivity index (χ4n) is 3.86. The van der Waals surface area contributed by atoms with Crippen molar-refractivity contribution >= 4 is 23.1 Å². The Hall–Kier alpha value is -4.47. The van der Waals surface area contributed by atoms with E-state index < -0.39 is 11.7 Å². The Kier molecular flexibility index (Phi) is 6.24. The first-order valence-electron chi connectivity index (χ1n) is 11.6. The summed E-state index contributed by atoms with van der Waals surface area (Å²) in [6.07, 6.45) is 3.84. The summed E-state index contributed by atoms with van der Waals surface area (Å²) < 4.78 is 21.1. The van der Waals surface area contributed by atoms with Crippen LogP contribution >= 0.6 is 0 Å². The molecule has 1 fully saturated rings. The molecule has 0 radical (unpaired) electrons. The molecule has 0 atom stereocenters. The summed E-state index contributed by atoms with van der Waals surface area (Å²) in [5, 5.41) is 10.7. The number of anilines is 1. The van der Waals surface area contributed by atoms with Gasteiger partial charge in [0.2, 0.25) is 11.8 Å². The van der Waals surface area contributed by atoms with Crippen molar-refractivity contribution in [2.75, 3.05) is 11.9 Å². The number of hydrogen-bond donors (Lipinski definition) is 3. The fourth-order valence-corrected chi connectivity index (χ4v) is 3.86. The van der Waals surface area contributed by atoms with Crippen molar-refractivity contribution in [1.82, 2.24) is 19.9 Å². The molecule has 0 unspecified atom stereocenters. The second-order valence-corrected chi connectivity index (χ2v) is 8.76. The molecule has 1 aliphatic rings. The number of nitrogens with one attached hydrogen (secondary N) is 2. The van der Waals surface area contributed by atoms with Crippen LogP contribution in [0.25, 0.3) is 16.9 Å². The molecule has 2 amide bonds. The van der Waals surface area contributed by atoms with E-state index in [1.54, 1.807) is 35.0 Å². The molecular weight excluding hydrogens is 463 g/mol. The molecule has 2 aromatic carbocycles. The van der Waals surface area contributed by atoms with Gasteiger partial charge in [-0.05, 0) is 49.6 Å². The summed E-state index contributed by atoms with van der Waals surface area (Å²) in [4.78, 5) is 28.3. The largest absolute Gasteiger partial charge is 0.437 e. The monoisotopic (exact) mass is 488 g/mol. The number of halogens is 1. The number of amides is 2.